The van der Waals surface area contributed by atoms with Crippen molar-refractivity contribution in [3.63, 3.8) is 0 Å². The van der Waals surface area contributed by atoms with Gasteiger partial charge in [-0.2, -0.15) is 17.0 Å². The summed E-state index contributed by atoms with van der Waals surface area (Å²) < 4.78 is 0. The van der Waals surface area contributed by atoms with Crippen molar-refractivity contribution in [3.05, 3.63) is 0 Å². The Morgan fingerprint density at radius 3 is 2.75 bits per heavy atom. The van der Waals surface area contributed by atoms with Crippen molar-refractivity contribution >= 4 is 11.8 Å². The maximum absolute atomic E-state index is 8.77. The maximum Gasteiger partial charge on any atom is 0.112 e. The summed E-state index contributed by atoms with van der Waals surface area (Å²) in [5.41, 5.74) is -0.430. The minimum Gasteiger partial charge on any atom is -0.396 e. The van der Waals surface area contributed by atoms with Gasteiger partial charge in [-0.05, 0) is 26.1 Å². The summed E-state index contributed by atoms with van der Waals surface area (Å²) in [5.74, 6) is 1.68. The van der Waals surface area contributed by atoms with Gasteiger partial charge in [0, 0.05) is 12.4 Å². The molecule has 0 aliphatic heterocycles. The minimum absolute atomic E-state index is 0.232. The van der Waals surface area contributed by atoms with Crippen LogP contribution in [0, 0.1) is 11.3 Å². The van der Waals surface area contributed by atoms with Crippen LogP contribution in [0.25, 0.3) is 0 Å². The number of hydrogen-bond donors (Lipinski definition) is 2. The third-order valence-electron chi connectivity index (χ3n) is 1.64. The van der Waals surface area contributed by atoms with Crippen molar-refractivity contribution < 1.29 is 5.11 Å². The molecule has 0 amide bonds. The van der Waals surface area contributed by atoms with E-state index in [0.29, 0.717) is 0 Å². The Morgan fingerprint density at radius 1 is 1.67 bits per heavy atom. The van der Waals surface area contributed by atoms with E-state index in [9.17, 15) is 0 Å². The summed E-state index contributed by atoms with van der Waals surface area (Å²) in [5, 5.41) is 20.2. The quantitative estimate of drug-likeness (QED) is 0.599. The van der Waals surface area contributed by atoms with E-state index in [1.54, 1.807) is 18.8 Å². The number of nitriles is 1. The molecule has 0 aromatic carbocycles. The zero-order valence-corrected chi connectivity index (χ0v) is 8.45. The van der Waals surface area contributed by atoms with Crippen LogP contribution in [0.15, 0.2) is 0 Å². The van der Waals surface area contributed by atoms with Crippen LogP contribution < -0.4 is 5.32 Å². The fourth-order valence-electron chi connectivity index (χ4n) is 0.603. The molecule has 4 heteroatoms. The first-order chi connectivity index (χ1) is 5.68. The Bertz CT molecular complexity index is 158. The zero-order chi connectivity index (χ0) is 9.45. The molecule has 0 aromatic rings. The summed E-state index contributed by atoms with van der Waals surface area (Å²) in [6, 6.07) is 2.21. The van der Waals surface area contributed by atoms with Crippen molar-refractivity contribution in [1.29, 1.82) is 5.26 Å². The predicted molar refractivity (Wildman–Crippen MR) is 52.1 cm³/mol. The Balaban J connectivity index is 3.54. The molecule has 0 aromatic heterocycles. The number of nitrogens with zero attached hydrogens (tertiary/aromatic N) is 1. The third kappa shape index (κ3) is 4.60. The van der Waals surface area contributed by atoms with E-state index in [1.165, 1.54) is 0 Å². The summed E-state index contributed by atoms with van der Waals surface area (Å²) >= 11 is 1.69. The van der Waals surface area contributed by atoms with Gasteiger partial charge >= 0.3 is 0 Å². The second-order valence-electron chi connectivity index (χ2n) is 2.82. The van der Waals surface area contributed by atoms with Crippen molar-refractivity contribution in [2.45, 2.75) is 18.9 Å². The van der Waals surface area contributed by atoms with Crippen molar-refractivity contribution in [2.24, 2.45) is 0 Å². The second kappa shape index (κ2) is 6.30. The lowest BCUT2D eigenvalue weighted by Crippen LogP contribution is -2.40. The number of aliphatic hydroxyl groups is 1. The van der Waals surface area contributed by atoms with Gasteiger partial charge in [0.15, 0.2) is 0 Å². The third-order valence-corrected chi connectivity index (χ3v) is 2.99. The summed E-state index contributed by atoms with van der Waals surface area (Å²) in [6.45, 7) is 2.11. The lowest BCUT2D eigenvalue weighted by atomic mass is 10.1. The molecule has 0 spiro atoms. The van der Waals surface area contributed by atoms with Gasteiger partial charge in [0.2, 0.25) is 0 Å². The lowest BCUT2D eigenvalue weighted by Gasteiger charge is -2.19. The number of thioether (sulfide) groups is 1. The summed E-state index contributed by atoms with van der Waals surface area (Å²) in [4.78, 5) is 0. The second-order valence-corrected chi connectivity index (χ2v) is 3.93. The predicted octanol–water partition coefficient (Wildman–Crippen LogP) is 0.604. The Kier molecular flexibility index (Phi) is 6.17. The highest BCUT2D eigenvalue weighted by Gasteiger charge is 2.20. The van der Waals surface area contributed by atoms with Crippen LogP contribution >= 0.6 is 11.8 Å². The van der Waals surface area contributed by atoms with Crippen LogP contribution in [0.1, 0.15) is 13.3 Å². The standard InChI is InChI=1S/C8H16N2OS/c1-8(6-9,10-2)7-12-5-3-4-11/h10-11H,3-5,7H2,1-2H3. The fourth-order valence-corrected chi connectivity index (χ4v) is 1.70. The fraction of sp³-hybridized carbons (Fsp3) is 0.875. The Hall–Kier alpha value is -0.240. The van der Waals surface area contributed by atoms with Crippen LogP contribution in [0.3, 0.4) is 0 Å². The Morgan fingerprint density at radius 2 is 2.33 bits per heavy atom. The van der Waals surface area contributed by atoms with Gasteiger partial charge in [-0.3, -0.25) is 0 Å². The largest absolute Gasteiger partial charge is 0.396 e. The average Bonchev–Trinajstić information content (AvgIpc) is 2.12. The normalized spacial score (nSPS) is 15.2. The molecular formula is C8H16N2OS. The molecule has 2 N–H and O–H groups in total. The van der Waals surface area contributed by atoms with Crippen LogP contribution in [0.2, 0.25) is 0 Å². The van der Waals surface area contributed by atoms with Gasteiger partial charge in [0.1, 0.15) is 5.54 Å². The molecule has 1 atom stereocenters. The Labute approximate surface area is 78.2 Å². The molecule has 0 saturated carbocycles. The van der Waals surface area contributed by atoms with Crippen LogP contribution in [0.5, 0.6) is 0 Å². The number of nitrogens with one attached hydrogen (secondary N) is 1. The molecule has 1 unspecified atom stereocenters. The molecule has 0 bridgehead atoms. The molecule has 70 valence electrons. The van der Waals surface area contributed by atoms with Gasteiger partial charge in [0.25, 0.3) is 0 Å². The molecular weight excluding hydrogens is 172 g/mol. The molecule has 12 heavy (non-hydrogen) atoms. The summed E-state index contributed by atoms with van der Waals surface area (Å²) in [6.07, 6.45) is 0.801. The van der Waals surface area contributed by atoms with E-state index < -0.39 is 5.54 Å². The van der Waals surface area contributed by atoms with Crippen molar-refractivity contribution in [1.82, 2.24) is 5.32 Å². The van der Waals surface area contributed by atoms with E-state index >= 15 is 0 Å². The van der Waals surface area contributed by atoms with E-state index in [4.69, 9.17) is 10.4 Å². The minimum atomic E-state index is -0.430. The van der Waals surface area contributed by atoms with Crippen LogP contribution in [-0.2, 0) is 0 Å². The molecule has 0 aliphatic carbocycles. The van der Waals surface area contributed by atoms with Gasteiger partial charge in [-0.1, -0.05) is 0 Å². The first-order valence-electron chi connectivity index (χ1n) is 3.97. The van der Waals surface area contributed by atoms with E-state index in [-0.39, 0.29) is 6.61 Å². The van der Waals surface area contributed by atoms with Crippen molar-refractivity contribution in [2.75, 3.05) is 25.2 Å². The highest BCUT2D eigenvalue weighted by atomic mass is 32.2. The first kappa shape index (κ1) is 11.8. The topological polar surface area (TPSA) is 56.0 Å². The van der Waals surface area contributed by atoms with E-state index in [2.05, 4.69) is 11.4 Å². The smallest absolute Gasteiger partial charge is 0.112 e. The first-order valence-corrected chi connectivity index (χ1v) is 5.13. The summed E-state index contributed by atoms with van der Waals surface area (Å²) in [7, 11) is 1.79. The molecule has 0 fully saturated rings. The van der Waals surface area contributed by atoms with E-state index in [1.807, 2.05) is 6.92 Å². The van der Waals surface area contributed by atoms with Gasteiger partial charge in [-0.25, -0.2) is 0 Å². The SMILES string of the molecule is CNC(C)(C#N)CSCCCO. The molecule has 3 nitrogen and oxygen atoms in total. The number of hydrogen-bond acceptors (Lipinski definition) is 4. The van der Waals surface area contributed by atoms with Crippen molar-refractivity contribution in [3.8, 4) is 6.07 Å². The van der Waals surface area contributed by atoms with Crippen LogP contribution in [0.4, 0.5) is 0 Å². The van der Waals surface area contributed by atoms with E-state index in [0.717, 1.165) is 17.9 Å². The molecule has 0 saturated heterocycles. The highest BCUT2D eigenvalue weighted by molar-refractivity contribution is 7.99. The zero-order valence-electron chi connectivity index (χ0n) is 7.63. The lowest BCUT2D eigenvalue weighted by molar-refractivity contribution is 0.296. The number of rotatable bonds is 6. The van der Waals surface area contributed by atoms with Gasteiger partial charge < -0.3 is 10.4 Å². The molecule has 0 rings (SSSR count). The highest BCUT2D eigenvalue weighted by Crippen LogP contribution is 2.12. The maximum atomic E-state index is 8.77. The molecule has 0 radical (unpaired) electrons. The molecule has 0 heterocycles. The van der Waals surface area contributed by atoms with Gasteiger partial charge in [-0.15, -0.1) is 0 Å². The van der Waals surface area contributed by atoms with Crippen LogP contribution in [-0.4, -0.2) is 35.8 Å². The monoisotopic (exact) mass is 188 g/mol. The number of aliphatic hydroxyl groups excluding tert-OH is 1. The average molecular weight is 188 g/mol. The molecule has 0 aliphatic rings. The van der Waals surface area contributed by atoms with Gasteiger partial charge in [0.05, 0.1) is 6.07 Å².